The van der Waals surface area contributed by atoms with Gasteiger partial charge in [0.1, 0.15) is 11.6 Å². The van der Waals surface area contributed by atoms with E-state index in [9.17, 15) is 13.2 Å². The predicted molar refractivity (Wildman–Crippen MR) is 81.5 cm³/mol. The Bertz CT molecular complexity index is 522. The van der Waals surface area contributed by atoms with Gasteiger partial charge in [0.05, 0.1) is 6.61 Å². The van der Waals surface area contributed by atoms with Crippen molar-refractivity contribution in [3.05, 3.63) is 17.6 Å². The summed E-state index contributed by atoms with van der Waals surface area (Å²) in [6, 6.07) is 1.76. The minimum atomic E-state index is -4.61. The van der Waals surface area contributed by atoms with Gasteiger partial charge in [0, 0.05) is 49.8 Å². The van der Waals surface area contributed by atoms with E-state index in [-0.39, 0.29) is 11.8 Å². The number of ether oxygens (including phenoxy) is 1. The van der Waals surface area contributed by atoms with E-state index in [1.807, 2.05) is 20.8 Å². The van der Waals surface area contributed by atoms with Crippen LogP contribution in [-0.4, -0.2) is 49.1 Å². The fourth-order valence-corrected chi connectivity index (χ4v) is 2.27. The fourth-order valence-electron chi connectivity index (χ4n) is 2.27. The van der Waals surface area contributed by atoms with Gasteiger partial charge in [-0.2, -0.15) is 0 Å². The highest BCUT2D eigenvalue weighted by Gasteiger charge is 2.29. The van der Waals surface area contributed by atoms with Crippen molar-refractivity contribution in [2.45, 2.75) is 39.0 Å². The van der Waals surface area contributed by atoms with Crippen LogP contribution in [0.1, 0.15) is 32.3 Å². The first-order valence-corrected chi connectivity index (χ1v) is 7.70. The van der Waals surface area contributed by atoms with Crippen LogP contribution in [0, 0.1) is 0 Å². The second kappa shape index (κ2) is 7.00. The van der Waals surface area contributed by atoms with Crippen LogP contribution in [0.15, 0.2) is 6.07 Å². The molecule has 23 heavy (non-hydrogen) atoms. The molecule has 0 saturated carbocycles. The highest BCUT2D eigenvalue weighted by atomic mass is 19.4. The number of anilines is 1. The standard InChI is InChI=1S/C15H23F3N4O/c1-14(2,3)13-20-11(4-9-23-15(16,17)18)10-12(21-13)22-7-5-19-6-8-22/h10,19H,4-9H2,1-3H3. The Morgan fingerprint density at radius 3 is 2.39 bits per heavy atom. The van der Waals surface area contributed by atoms with E-state index in [2.05, 4.69) is 24.9 Å². The molecular weight excluding hydrogens is 309 g/mol. The zero-order chi connectivity index (χ0) is 17.1. The van der Waals surface area contributed by atoms with E-state index in [0.717, 1.165) is 32.0 Å². The predicted octanol–water partition coefficient (Wildman–Crippen LogP) is 2.26. The highest BCUT2D eigenvalue weighted by Crippen LogP contribution is 2.23. The van der Waals surface area contributed by atoms with Crippen LogP contribution in [0.3, 0.4) is 0 Å². The van der Waals surface area contributed by atoms with Crippen molar-refractivity contribution < 1.29 is 17.9 Å². The maximum absolute atomic E-state index is 12.1. The second-order valence-electron chi connectivity index (χ2n) is 6.57. The first-order chi connectivity index (χ1) is 10.6. The third-order valence-electron chi connectivity index (χ3n) is 3.50. The van der Waals surface area contributed by atoms with Gasteiger partial charge < -0.3 is 10.2 Å². The summed E-state index contributed by atoms with van der Waals surface area (Å²) in [5.41, 5.74) is 0.298. The van der Waals surface area contributed by atoms with Crippen LogP contribution < -0.4 is 10.2 Å². The Balaban J connectivity index is 2.19. The molecule has 0 spiro atoms. The van der Waals surface area contributed by atoms with Gasteiger partial charge in [0.15, 0.2) is 0 Å². The lowest BCUT2D eigenvalue weighted by Crippen LogP contribution is -2.44. The summed E-state index contributed by atoms with van der Waals surface area (Å²) in [6.07, 6.45) is -4.51. The normalized spacial score (nSPS) is 16.7. The van der Waals surface area contributed by atoms with Gasteiger partial charge in [-0.1, -0.05) is 20.8 Å². The number of nitrogens with zero attached hydrogens (tertiary/aromatic N) is 3. The quantitative estimate of drug-likeness (QED) is 0.917. The molecule has 0 aliphatic carbocycles. The smallest absolute Gasteiger partial charge is 0.354 e. The molecule has 1 aromatic rings. The molecule has 1 N–H and O–H groups in total. The number of aromatic nitrogens is 2. The molecule has 2 heterocycles. The van der Waals surface area contributed by atoms with Gasteiger partial charge in [0.2, 0.25) is 0 Å². The number of piperazine rings is 1. The summed E-state index contributed by atoms with van der Waals surface area (Å²) in [4.78, 5) is 11.2. The number of hydrogen-bond donors (Lipinski definition) is 1. The summed E-state index contributed by atoms with van der Waals surface area (Å²) in [6.45, 7) is 8.88. The molecule has 0 unspecified atom stereocenters. The first-order valence-electron chi connectivity index (χ1n) is 7.70. The SMILES string of the molecule is CC(C)(C)c1nc(CCOC(F)(F)F)cc(N2CCNCC2)n1. The molecule has 0 atom stereocenters. The minimum absolute atomic E-state index is 0.101. The summed E-state index contributed by atoms with van der Waals surface area (Å²) >= 11 is 0. The van der Waals surface area contributed by atoms with Crippen molar-refractivity contribution in [3.8, 4) is 0 Å². The van der Waals surface area contributed by atoms with Gasteiger partial charge in [-0.05, 0) is 0 Å². The van der Waals surface area contributed by atoms with Gasteiger partial charge in [-0.15, -0.1) is 13.2 Å². The topological polar surface area (TPSA) is 50.3 Å². The molecule has 1 aliphatic heterocycles. The second-order valence-corrected chi connectivity index (χ2v) is 6.57. The van der Waals surface area contributed by atoms with E-state index in [4.69, 9.17) is 0 Å². The highest BCUT2D eigenvalue weighted by molar-refractivity contribution is 5.41. The molecular formula is C15H23F3N4O. The zero-order valence-corrected chi connectivity index (χ0v) is 13.7. The molecule has 0 aromatic carbocycles. The van der Waals surface area contributed by atoms with Gasteiger partial charge in [-0.25, -0.2) is 9.97 Å². The molecule has 1 fully saturated rings. The Hall–Kier alpha value is -1.41. The lowest BCUT2D eigenvalue weighted by Gasteiger charge is -2.30. The van der Waals surface area contributed by atoms with Crippen LogP contribution in [0.5, 0.6) is 0 Å². The average molecular weight is 332 g/mol. The Kier molecular flexibility index (Phi) is 5.46. The Labute approximate surface area is 134 Å². The maximum Gasteiger partial charge on any atom is 0.522 e. The van der Waals surface area contributed by atoms with Crippen molar-refractivity contribution >= 4 is 5.82 Å². The summed E-state index contributed by atoms with van der Waals surface area (Å²) in [5, 5.41) is 3.26. The Morgan fingerprint density at radius 2 is 1.83 bits per heavy atom. The van der Waals surface area contributed by atoms with Gasteiger partial charge in [-0.3, -0.25) is 4.74 Å². The van der Waals surface area contributed by atoms with Crippen LogP contribution in [0.25, 0.3) is 0 Å². The molecule has 1 aliphatic rings. The fraction of sp³-hybridized carbons (Fsp3) is 0.733. The molecule has 5 nitrogen and oxygen atoms in total. The zero-order valence-electron chi connectivity index (χ0n) is 13.7. The van der Waals surface area contributed by atoms with Crippen molar-refractivity contribution in [1.82, 2.24) is 15.3 Å². The van der Waals surface area contributed by atoms with Gasteiger partial charge >= 0.3 is 6.36 Å². The summed E-state index contributed by atoms with van der Waals surface area (Å²) < 4.78 is 40.2. The van der Waals surface area contributed by atoms with Crippen LogP contribution in [0.2, 0.25) is 0 Å². The molecule has 130 valence electrons. The van der Waals surface area contributed by atoms with Crippen LogP contribution >= 0.6 is 0 Å². The Morgan fingerprint density at radius 1 is 1.17 bits per heavy atom. The largest absolute Gasteiger partial charge is 0.522 e. The number of halogens is 3. The number of hydrogen-bond acceptors (Lipinski definition) is 5. The molecule has 0 radical (unpaired) electrons. The van der Waals surface area contributed by atoms with Crippen molar-refractivity contribution in [3.63, 3.8) is 0 Å². The van der Waals surface area contributed by atoms with E-state index < -0.39 is 13.0 Å². The monoisotopic (exact) mass is 332 g/mol. The minimum Gasteiger partial charge on any atom is -0.354 e. The molecule has 2 rings (SSSR count). The number of nitrogens with one attached hydrogen (secondary N) is 1. The molecule has 0 amide bonds. The third-order valence-corrected chi connectivity index (χ3v) is 3.50. The number of rotatable bonds is 4. The maximum atomic E-state index is 12.1. The lowest BCUT2D eigenvalue weighted by molar-refractivity contribution is -0.324. The molecule has 8 heteroatoms. The lowest BCUT2D eigenvalue weighted by atomic mass is 9.95. The third kappa shape index (κ3) is 5.62. The van der Waals surface area contributed by atoms with Crippen molar-refractivity contribution in [2.75, 3.05) is 37.7 Å². The molecule has 1 aromatic heterocycles. The van der Waals surface area contributed by atoms with E-state index in [1.54, 1.807) is 6.07 Å². The van der Waals surface area contributed by atoms with Crippen molar-refractivity contribution in [2.24, 2.45) is 0 Å². The van der Waals surface area contributed by atoms with Gasteiger partial charge in [0.25, 0.3) is 0 Å². The van der Waals surface area contributed by atoms with Crippen LogP contribution in [-0.2, 0) is 16.6 Å². The molecule has 1 saturated heterocycles. The number of alkyl halides is 3. The summed E-state index contributed by atoms with van der Waals surface area (Å²) in [7, 11) is 0. The average Bonchev–Trinajstić information content (AvgIpc) is 2.45. The van der Waals surface area contributed by atoms with Crippen molar-refractivity contribution in [1.29, 1.82) is 0 Å². The summed E-state index contributed by atoms with van der Waals surface area (Å²) in [5.74, 6) is 1.41. The van der Waals surface area contributed by atoms with E-state index in [1.165, 1.54) is 0 Å². The van der Waals surface area contributed by atoms with E-state index >= 15 is 0 Å². The first kappa shape index (κ1) is 17.9. The van der Waals surface area contributed by atoms with E-state index in [0.29, 0.717) is 11.5 Å². The van der Waals surface area contributed by atoms with Crippen LogP contribution in [0.4, 0.5) is 19.0 Å². The molecule has 0 bridgehead atoms.